The Hall–Kier alpha value is -3.54. The highest BCUT2D eigenvalue weighted by molar-refractivity contribution is 5.90. The highest BCUT2D eigenvalue weighted by atomic mass is 15.3. The van der Waals surface area contributed by atoms with Gasteiger partial charge >= 0.3 is 0 Å². The van der Waals surface area contributed by atoms with Crippen molar-refractivity contribution in [3.63, 3.8) is 0 Å². The molecule has 5 rings (SSSR count). The van der Waals surface area contributed by atoms with Gasteiger partial charge in [-0.15, -0.1) is 10.2 Å². The highest BCUT2D eigenvalue weighted by Gasteiger charge is 2.15. The van der Waals surface area contributed by atoms with E-state index in [4.69, 9.17) is 0 Å². The number of nitrogens with zero attached hydrogens (tertiary/aromatic N) is 6. The van der Waals surface area contributed by atoms with E-state index in [0.29, 0.717) is 0 Å². The third-order valence-electron chi connectivity index (χ3n) is 4.36. The summed E-state index contributed by atoms with van der Waals surface area (Å²) in [5.74, 6) is 0.787. The van der Waals surface area contributed by atoms with Crippen LogP contribution in [0.3, 0.4) is 0 Å². The summed E-state index contributed by atoms with van der Waals surface area (Å²) in [6.45, 7) is 2.07. The molecule has 0 saturated heterocycles. The van der Waals surface area contributed by atoms with Crippen LogP contribution in [0.1, 0.15) is 5.56 Å². The summed E-state index contributed by atoms with van der Waals surface area (Å²) in [7, 11) is 0. The lowest BCUT2D eigenvalue weighted by Gasteiger charge is -2.04. The van der Waals surface area contributed by atoms with Crippen LogP contribution < -0.4 is 0 Å². The molecule has 2 aromatic carbocycles. The normalized spacial score (nSPS) is 11.4. The average Bonchev–Trinajstić information content (AvgIpc) is 3.26. The molecule has 6 heteroatoms. The molecule has 0 aliphatic rings. The molecule has 3 heterocycles. The molecule has 0 spiro atoms. The second-order valence-electron chi connectivity index (χ2n) is 5.91. The van der Waals surface area contributed by atoms with Crippen LogP contribution in [0.2, 0.25) is 0 Å². The van der Waals surface area contributed by atoms with Crippen molar-refractivity contribution in [2.24, 2.45) is 0 Å². The van der Waals surface area contributed by atoms with E-state index in [1.165, 1.54) is 0 Å². The monoisotopic (exact) mass is 326 g/mol. The van der Waals surface area contributed by atoms with Crippen LogP contribution in [-0.4, -0.2) is 29.4 Å². The zero-order chi connectivity index (χ0) is 16.8. The Morgan fingerprint density at radius 1 is 0.840 bits per heavy atom. The summed E-state index contributed by atoms with van der Waals surface area (Å²) in [6.07, 6.45) is 3.56. The van der Waals surface area contributed by atoms with Crippen LogP contribution in [0.15, 0.2) is 67.1 Å². The fourth-order valence-electron chi connectivity index (χ4n) is 3.09. The zero-order valence-corrected chi connectivity index (χ0v) is 13.5. The zero-order valence-electron chi connectivity index (χ0n) is 13.5. The Labute approximate surface area is 143 Å². The number of fused-ring (bicyclic) bond motifs is 3. The molecule has 6 nitrogen and oxygen atoms in total. The number of para-hydroxylation sites is 1. The first kappa shape index (κ1) is 13.9. The quantitative estimate of drug-likeness (QED) is 0.498. The Morgan fingerprint density at radius 3 is 2.48 bits per heavy atom. The fourth-order valence-corrected chi connectivity index (χ4v) is 3.09. The number of benzene rings is 2. The maximum Gasteiger partial charge on any atom is 0.175 e. The van der Waals surface area contributed by atoms with E-state index in [-0.39, 0.29) is 0 Å². The molecule has 5 aromatic rings. The molecule has 0 radical (unpaired) electrons. The van der Waals surface area contributed by atoms with Crippen molar-refractivity contribution in [3.8, 4) is 17.1 Å². The minimum absolute atomic E-state index is 0.755. The number of rotatable bonds is 2. The van der Waals surface area contributed by atoms with E-state index >= 15 is 0 Å². The molecule has 0 aliphatic carbocycles. The largest absolute Gasteiger partial charge is 0.265 e. The highest BCUT2D eigenvalue weighted by Crippen LogP contribution is 2.25. The van der Waals surface area contributed by atoms with Gasteiger partial charge in [0.15, 0.2) is 17.1 Å². The minimum Gasteiger partial charge on any atom is -0.265 e. The van der Waals surface area contributed by atoms with E-state index in [1.807, 2.05) is 57.6 Å². The van der Waals surface area contributed by atoms with Crippen molar-refractivity contribution in [1.29, 1.82) is 0 Å². The molecule has 25 heavy (non-hydrogen) atoms. The summed E-state index contributed by atoms with van der Waals surface area (Å²) in [6, 6.07) is 18.1. The summed E-state index contributed by atoms with van der Waals surface area (Å²) < 4.78 is 3.74. The Kier molecular flexibility index (Phi) is 2.90. The molecule has 3 aromatic heterocycles. The van der Waals surface area contributed by atoms with Crippen molar-refractivity contribution in [2.75, 3.05) is 0 Å². The van der Waals surface area contributed by atoms with E-state index in [1.54, 1.807) is 12.5 Å². The predicted molar refractivity (Wildman–Crippen MR) is 95.6 cm³/mol. The molecule has 120 valence electrons. The van der Waals surface area contributed by atoms with E-state index < -0.39 is 0 Å². The lowest BCUT2D eigenvalue weighted by atomic mass is 10.1. The van der Waals surface area contributed by atoms with Gasteiger partial charge in [0, 0.05) is 5.56 Å². The second-order valence-corrected chi connectivity index (χ2v) is 5.91. The first-order chi connectivity index (χ1) is 12.3. The fraction of sp³-hybridized carbons (Fsp3) is 0.0526. The molecular weight excluding hydrogens is 312 g/mol. The van der Waals surface area contributed by atoms with Crippen molar-refractivity contribution < 1.29 is 0 Å². The van der Waals surface area contributed by atoms with Gasteiger partial charge in [0.25, 0.3) is 0 Å². The number of aryl methyl sites for hydroxylation is 1. The molecule has 0 atom stereocenters. The molecule has 0 aliphatic heterocycles. The first-order valence-electron chi connectivity index (χ1n) is 8.02. The van der Waals surface area contributed by atoms with Crippen LogP contribution in [0.25, 0.3) is 33.8 Å². The maximum atomic E-state index is 4.62. The standard InChI is InChI=1S/C19H14N6/c1-13-7-5-6-10-15(13)18-22-23-19-16-11-21-25(14-8-3-2-4-9-14)17(16)20-12-24(18)19/h2-12H,1H3. The van der Waals surface area contributed by atoms with E-state index in [0.717, 1.165) is 39.3 Å². The Bertz CT molecular complexity index is 1200. The summed E-state index contributed by atoms with van der Waals surface area (Å²) in [4.78, 5) is 4.62. The van der Waals surface area contributed by atoms with Crippen LogP contribution in [0.4, 0.5) is 0 Å². The van der Waals surface area contributed by atoms with Gasteiger partial charge in [-0.2, -0.15) is 5.10 Å². The summed E-state index contributed by atoms with van der Waals surface area (Å²) >= 11 is 0. The van der Waals surface area contributed by atoms with Crippen molar-refractivity contribution in [1.82, 2.24) is 29.4 Å². The van der Waals surface area contributed by atoms with Crippen LogP contribution in [-0.2, 0) is 0 Å². The van der Waals surface area contributed by atoms with Crippen molar-refractivity contribution in [3.05, 3.63) is 72.7 Å². The van der Waals surface area contributed by atoms with Gasteiger partial charge in [0.1, 0.15) is 6.33 Å². The average molecular weight is 326 g/mol. The first-order valence-corrected chi connectivity index (χ1v) is 8.02. The van der Waals surface area contributed by atoms with Gasteiger partial charge in [-0.1, -0.05) is 42.5 Å². The molecule has 0 saturated carbocycles. The SMILES string of the molecule is Cc1ccccc1-c1nnc2c3cnn(-c4ccccc4)c3ncn12. The molecule has 0 unspecified atom stereocenters. The van der Waals surface area contributed by atoms with Crippen molar-refractivity contribution in [2.45, 2.75) is 6.92 Å². The van der Waals surface area contributed by atoms with E-state index in [2.05, 4.69) is 33.3 Å². The van der Waals surface area contributed by atoms with Crippen molar-refractivity contribution >= 4 is 16.7 Å². The number of hydrogen-bond acceptors (Lipinski definition) is 4. The van der Waals surface area contributed by atoms with Crippen LogP contribution >= 0.6 is 0 Å². The van der Waals surface area contributed by atoms with Gasteiger partial charge in [0.05, 0.1) is 17.3 Å². The topological polar surface area (TPSA) is 60.9 Å². The third kappa shape index (κ3) is 2.04. The summed E-state index contributed by atoms with van der Waals surface area (Å²) in [5.41, 5.74) is 4.68. The van der Waals surface area contributed by atoms with Crippen LogP contribution in [0, 0.1) is 6.92 Å². The Balaban J connectivity index is 1.76. The summed E-state index contributed by atoms with van der Waals surface area (Å²) in [5, 5.41) is 14.1. The smallest absolute Gasteiger partial charge is 0.175 e. The Morgan fingerprint density at radius 2 is 1.64 bits per heavy atom. The molecule has 0 N–H and O–H groups in total. The maximum absolute atomic E-state index is 4.62. The van der Waals surface area contributed by atoms with Gasteiger partial charge in [-0.25, -0.2) is 9.67 Å². The molecule has 0 fully saturated rings. The second kappa shape index (κ2) is 5.24. The van der Waals surface area contributed by atoms with Crippen LogP contribution in [0.5, 0.6) is 0 Å². The third-order valence-corrected chi connectivity index (χ3v) is 4.36. The van der Waals surface area contributed by atoms with Gasteiger partial charge in [-0.3, -0.25) is 4.40 Å². The van der Waals surface area contributed by atoms with E-state index in [9.17, 15) is 0 Å². The lowest BCUT2D eigenvalue weighted by Crippen LogP contribution is -1.99. The van der Waals surface area contributed by atoms with Gasteiger partial charge in [-0.05, 0) is 24.6 Å². The predicted octanol–water partition coefficient (Wildman–Crippen LogP) is 3.44. The molecule has 0 bridgehead atoms. The molecule has 0 amide bonds. The molecular formula is C19H14N6. The van der Waals surface area contributed by atoms with Gasteiger partial charge < -0.3 is 0 Å². The van der Waals surface area contributed by atoms with Gasteiger partial charge in [0.2, 0.25) is 0 Å². The minimum atomic E-state index is 0.755. The number of hydrogen-bond donors (Lipinski definition) is 0. The lowest BCUT2D eigenvalue weighted by molar-refractivity contribution is 0.893. The number of aromatic nitrogens is 6.